The topological polar surface area (TPSA) is 40.9 Å². The first-order valence-corrected chi connectivity index (χ1v) is 4.63. The molecule has 0 radical (unpaired) electrons. The molecule has 66 valence electrons. The predicted molar refractivity (Wildman–Crippen MR) is 53.3 cm³/mol. The van der Waals surface area contributed by atoms with Crippen LogP contribution in [0.1, 0.15) is 24.0 Å². The van der Waals surface area contributed by atoms with Gasteiger partial charge in [0.2, 0.25) is 0 Å². The van der Waals surface area contributed by atoms with Gasteiger partial charge >= 0.3 is 0 Å². The summed E-state index contributed by atoms with van der Waals surface area (Å²) >= 11 is 3.27. The molecule has 0 saturated heterocycles. The average Bonchev–Trinajstić information content (AvgIpc) is 2.16. The highest BCUT2D eigenvalue weighted by Crippen LogP contribution is 2.24. The van der Waals surface area contributed by atoms with Crippen molar-refractivity contribution in [2.24, 2.45) is 0 Å². The summed E-state index contributed by atoms with van der Waals surface area (Å²) < 4.78 is 0.737. The number of carbonyl (C=O) groups is 1. The van der Waals surface area contributed by atoms with Crippen LogP contribution in [0.25, 0.3) is 0 Å². The van der Waals surface area contributed by atoms with Crippen molar-refractivity contribution in [2.45, 2.75) is 12.8 Å². The van der Waals surface area contributed by atoms with Crippen LogP contribution < -0.4 is 0 Å². The molecule has 0 heterocycles. The van der Waals surface area contributed by atoms with Gasteiger partial charge in [-0.3, -0.25) is 0 Å². The fraction of sp³-hybridized carbons (Fsp3) is 0.200. The van der Waals surface area contributed by atoms with Gasteiger partial charge in [0.05, 0.1) is 5.56 Å². The van der Waals surface area contributed by atoms with Crippen molar-refractivity contribution in [3.05, 3.63) is 33.8 Å². The fourth-order valence-electron chi connectivity index (χ4n) is 1.11. The summed E-state index contributed by atoms with van der Waals surface area (Å²) in [4.78, 5) is 10.6. The number of carbonyl (C=O) groups excluding carboxylic acids is 1. The maximum absolute atomic E-state index is 10.6. The molecule has 1 aromatic rings. The minimum atomic E-state index is -0.229. The van der Waals surface area contributed by atoms with E-state index in [-0.39, 0.29) is 5.92 Å². The van der Waals surface area contributed by atoms with Crippen molar-refractivity contribution in [3.63, 3.8) is 0 Å². The predicted octanol–water partition coefficient (Wildman–Crippen LogP) is 2.62. The van der Waals surface area contributed by atoms with E-state index >= 15 is 0 Å². The second-order valence-electron chi connectivity index (χ2n) is 2.74. The quantitative estimate of drug-likeness (QED) is 0.743. The van der Waals surface area contributed by atoms with Crippen molar-refractivity contribution < 1.29 is 4.79 Å². The Labute approximate surface area is 85.3 Å². The Morgan fingerprint density at radius 1 is 1.62 bits per heavy atom. The van der Waals surface area contributed by atoms with Gasteiger partial charge in [-0.15, -0.1) is 0 Å². The summed E-state index contributed by atoms with van der Waals surface area (Å²) in [7, 11) is 0. The molecule has 0 saturated carbocycles. The van der Waals surface area contributed by atoms with Gasteiger partial charge in [0.1, 0.15) is 12.4 Å². The minimum absolute atomic E-state index is 0.229. The largest absolute Gasteiger partial charge is 0.303 e. The highest BCUT2D eigenvalue weighted by molar-refractivity contribution is 9.10. The zero-order valence-corrected chi connectivity index (χ0v) is 8.71. The normalized spacial score (nSPS) is 11.8. The van der Waals surface area contributed by atoms with E-state index in [9.17, 15) is 4.79 Å². The molecule has 0 aliphatic heterocycles. The molecule has 0 aromatic heterocycles. The van der Waals surface area contributed by atoms with Crippen LogP contribution in [0.3, 0.4) is 0 Å². The molecular formula is C10H8BrNO. The number of nitriles is 1. The number of halogens is 1. The first-order chi connectivity index (χ1) is 6.20. The van der Waals surface area contributed by atoms with Crippen molar-refractivity contribution >= 4 is 22.2 Å². The maximum Gasteiger partial charge on any atom is 0.127 e. The molecule has 0 aliphatic carbocycles. The van der Waals surface area contributed by atoms with Crippen LogP contribution in [-0.2, 0) is 4.79 Å². The van der Waals surface area contributed by atoms with E-state index in [1.54, 1.807) is 19.1 Å². The molecule has 0 spiro atoms. The maximum atomic E-state index is 10.6. The third-order valence-corrected chi connectivity index (χ3v) is 2.51. The minimum Gasteiger partial charge on any atom is -0.303 e. The first-order valence-electron chi connectivity index (χ1n) is 3.84. The van der Waals surface area contributed by atoms with Crippen LogP contribution >= 0.6 is 15.9 Å². The molecule has 0 fully saturated rings. The number of hydrogen-bond acceptors (Lipinski definition) is 2. The number of rotatable bonds is 2. The monoisotopic (exact) mass is 237 g/mol. The number of hydrogen-bond donors (Lipinski definition) is 0. The van der Waals surface area contributed by atoms with Gasteiger partial charge < -0.3 is 4.79 Å². The van der Waals surface area contributed by atoms with Crippen LogP contribution in [0, 0.1) is 11.3 Å². The molecular weight excluding hydrogens is 230 g/mol. The van der Waals surface area contributed by atoms with Crippen LogP contribution in [0.15, 0.2) is 22.7 Å². The number of nitrogens with zero attached hydrogens (tertiary/aromatic N) is 1. The Balaban J connectivity index is 3.29. The molecule has 0 aliphatic rings. The van der Waals surface area contributed by atoms with E-state index < -0.39 is 0 Å². The summed E-state index contributed by atoms with van der Waals surface area (Å²) in [6, 6.07) is 7.48. The molecule has 3 heteroatoms. The Morgan fingerprint density at radius 2 is 2.31 bits per heavy atom. The van der Waals surface area contributed by atoms with Gasteiger partial charge in [-0.1, -0.05) is 19.1 Å². The van der Waals surface area contributed by atoms with E-state index in [1.807, 2.05) is 6.07 Å². The van der Waals surface area contributed by atoms with Gasteiger partial charge in [-0.05, 0) is 27.6 Å². The summed E-state index contributed by atoms with van der Waals surface area (Å²) in [5, 5.41) is 8.85. The van der Waals surface area contributed by atoms with Gasteiger partial charge in [-0.25, -0.2) is 0 Å². The van der Waals surface area contributed by atoms with E-state index in [4.69, 9.17) is 5.26 Å². The Morgan fingerprint density at radius 3 is 2.85 bits per heavy atom. The number of benzene rings is 1. The van der Waals surface area contributed by atoms with Crippen LogP contribution in [-0.4, -0.2) is 6.29 Å². The van der Waals surface area contributed by atoms with Crippen molar-refractivity contribution in [3.8, 4) is 6.07 Å². The van der Waals surface area contributed by atoms with Crippen LogP contribution in [0.4, 0.5) is 0 Å². The third-order valence-electron chi connectivity index (χ3n) is 1.85. The van der Waals surface area contributed by atoms with E-state index in [2.05, 4.69) is 22.0 Å². The lowest BCUT2D eigenvalue weighted by atomic mass is 9.98. The zero-order valence-electron chi connectivity index (χ0n) is 7.12. The van der Waals surface area contributed by atoms with Crippen LogP contribution in [0.2, 0.25) is 0 Å². The zero-order chi connectivity index (χ0) is 9.84. The molecule has 1 atom stereocenters. The van der Waals surface area contributed by atoms with Crippen molar-refractivity contribution in [2.75, 3.05) is 0 Å². The van der Waals surface area contributed by atoms with E-state index in [0.717, 1.165) is 16.3 Å². The van der Waals surface area contributed by atoms with Gasteiger partial charge in [0.25, 0.3) is 0 Å². The standard InChI is InChI=1S/C10H8BrNO/c1-7(6-13)8-3-2-4-10(11)9(8)5-12/h2-4,6-7H,1H3. The summed E-state index contributed by atoms with van der Waals surface area (Å²) in [6.07, 6.45) is 0.836. The summed E-state index contributed by atoms with van der Waals surface area (Å²) in [6.45, 7) is 1.77. The molecule has 2 nitrogen and oxygen atoms in total. The third kappa shape index (κ3) is 1.96. The van der Waals surface area contributed by atoms with Crippen molar-refractivity contribution in [1.82, 2.24) is 0 Å². The van der Waals surface area contributed by atoms with Crippen LogP contribution in [0.5, 0.6) is 0 Å². The second kappa shape index (κ2) is 4.20. The van der Waals surface area contributed by atoms with Gasteiger partial charge in [-0.2, -0.15) is 5.26 Å². The lowest BCUT2D eigenvalue weighted by molar-refractivity contribution is -0.108. The Kier molecular flexibility index (Phi) is 3.21. The highest BCUT2D eigenvalue weighted by atomic mass is 79.9. The van der Waals surface area contributed by atoms with Crippen molar-refractivity contribution in [1.29, 1.82) is 5.26 Å². The second-order valence-corrected chi connectivity index (χ2v) is 3.59. The molecule has 1 rings (SSSR count). The van der Waals surface area contributed by atoms with E-state index in [0.29, 0.717) is 5.56 Å². The molecule has 0 bridgehead atoms. The Hall–Kier alpha value is -1.14. The number of aldehydes is 1. The lowest BCUT2D eigenvalue weighted by Crippen LogP contribution is -1.98. The summed E-state index contributed by atoms with van der Waals surface area (Å²) in [5.74, 6) is -0.229. The SMILES string of the molecule is CC(C=O)c1cccc(Br)c1C#N. The van der Waals surface area contributed by atoms with Gasteiger partial charge in [0, 0.05) is 10.4 Å². The Bertz CT molecular complexity index is 368. The molecule has 1 unspecified atom stereocenters. The molecule has 0 amide bonds. The first kappa shape index (κ1) is 9.94. The molecule has 13 heavy (non-hydrogen) atoms. The fourth-order valence-corrected chi connectivity index (χ4v) is 1.58. The summed E-state index contributed by atoms with van der Waals surface area (Å²) in [5.41, 5.74) is 1.31. The lowest BCUT2D eigenvalue weighted by Gasteiger charge is -2.07. The van der Waals surface area contributed by atoms with Gasteiger partial charge in [0.15, 0.2) is 0 Å². The molecule has 0 N–H and O–H groups in total. The average molecular weight is 238 g/mol. The highest BCUT2D eigenvalue weighted by Gasteiger charge is 2.11. The smallest absolute Gasteiger partial charge is 0.127 e. The molecule has 1 aromatic carbocycles. The van der Waals surface area contributed by atoms with E-state index in [1.165, 1.54) is 0 Å².